The van der Waals surface area contributed by atoms with Gasteiger partial charge >= 0.3 is 0 Å². The molecule has 0 aliphatic heterocycles. The molecule has 0 aromatic carbocycles. The largest absolute Gasteiger partial charge is 0.382 e. The van der Waals surface area contributed by atoms with Crippen LogP contribution in [0.2, 0.25) is 0 Å². The minimum Gasteiger partial charge on any atom is -0.382 e. The number of nitrogens with two attached hydrogens (primary N) is 1. The minimum absolute atomic E-state index is 0.141. The molecule has 1 aromatic heterocycles. The fraction of sp³-hybridized carbons (Fsp3) is 0.444. The standard InChI is InChI=1S/C9H14N4O/c1-6(2)13(3)9(14)7-4-12-8(10)5-11-7/h4-6H,1-3H3,(H2,10,12). The van der Waals surface area contributed by atoms with Crippen LogP contribution in [0.5, 0.6) is 0 Å². The van der Waals surface area contributed by atoms with Crippen LogP contribution in [0.3, 0.4) is 0 Å². The van der Waals surface area contributed by atoms with Crippen LogP contribution in [0, 0.1) is 0 Å². The van der Waals surface area contributed by atoms with Gasteiger partial charge in [-0.15, -0.1) is 0 Å². The smallest absolute Gasteiger partial charge is 0.274 e. The Bertz CT molecular complexity index is 320. The Morgan fingerprint density at radius 1 is 1.43 bits per heavy atom. The van der Waals surface area contributed by atoms with Crippen molar-refractivity contribution < 1.29 is 4.79 Å². The fourth-order valence-electron chi connectivity index (χ4n) is 0.864. The van der Waals surface area contributed by atoms with Crippen LogP contribution < -0.4 is 5.73 Å². The van der Waals surface area contributed by atoms with E-state index in [9.17, 15) is 4.79 Å². The highest BCUT2D eigenvalue weighted by molar-refractivity contribution is 5.92. The number of hydrogen-bond acceptors (Lipinski definition) is 4. The van der Waals surface area contributed by atoms with Crippen molar-refractivity contribution in [2.75, 3.05) is 12.8 Å². The molecule has 0 aliphatic carbocycles. The van der Waals surface area contributed by atoms with Crippen LogP contribution in [-0.2, 0) is 0 Å². The number of hydrogen-bond donors (Lipinski definition) is 1. The number of rotatable bonds is 2. The molecule has 1 amide bonds. The maximum Gasteiger partial charge on any atom is 0.274 e. The number of amides is 1. The predicted molar refractivity (Wildman–Crippen MR) is 53.7 cm³/mol. The zero-order valence-corrected chi connectivity index (χ0v) is 8.56. The summed E-state index contributed by atoms with van der Waals surface area (Å²) in [5, 5.41) is 0. The molecule has 0 saturated heterocycles. The first kappa shape index (κ1) is 10.4. The highest BCUT2D eigenvalue weighted by Crippen LogP contribution is 2.03. The Hall–Kier alpha value is -1.65. The third kappa shape index (κ3) is 2.18. The molecule has 0 atom stereocenters. The topological polar surface area (TPSA) is 72.1 Å². The van der Waals surface area contributed by atoms with Crippen molar-refractivity contribution in [2.45, 2.75) is 19.9 Å². The van der Waals surface area contributed by atoms with Crippen molar-refractivity contribution >= 4 is 11.7 Å². The van der Waals surface area contributed by atoms with Gasteiger partial charge in [-0.05, 0) is 13.8 Å². The average Bonchev–Trinajstić information content (AvgIpc) is 2.16. The number of carbonyl (C=O) groups excluding carboxylic acids is 1. The molecule has 0 aliphatic rings. The monoisotopic (exact) mass is 194 g/mol. The zero-order valence-electron chi connectivity index (χ0n) is 8.56. The lowest BCUT2D eigenvalue weighted by molar-refractivity contribution is 0.0748. The van der Waals surface area contributed by atoms with Crippen LogP contribution in [0.25, 0.3) is 0 Å². The number of nitrogens with zero attached hydrogens (tertiary/aromatic N) is 3. The second-order valence-electron chi connectivity index (χ2n) is 3.34. The highest BCUT2D eigenvalue weighted by atomic mass is 16.2. The van der Waals surface area contributed by atoms with Crippen LogP contribution in [0.4, 0.5) is 5.82 Å². The van der Waals surface area contributed by atoms with Gasteiger partial charge < -0.3 is 10.6 Å². The third-order valence-electron chi connectivity index (χ3n) is 1.99. The normalized spacial score (nSPS) is 10.3. The molecule has 5 nitrogen and oxygen atoms in total. The predicted octanol–water partition coefficient (Wildman–Crippen LogP) is 0.539. The first-order valence-corrected chi connectivity index (χ1v) is 4.37. The third-order valence-corrected chi connectivity index (χ3v) is 1.99. The van der Waals surface area contributed by atoms with E-state index in [-0.39, 0.29) is 11.9 Å². The van der Waals surface area contributed by atoms with E-state index in [1.54, 1.807) is 11.9 Å². The van der Waals surface area contributed by atoms with Crippen LogP contribution >= 0.6 is 0 Å². The van der Waals surface area contributed by atoms with E-state index in [1.807, 2.05) is 13.8 Å². The van der Waals surface area contributed by atoms with Crippen LogP contribution in [0.1, 0.15) is 24.3 Å². The van der Waals surface area contributed by atoms with Gasteiger partial charge in [0.25, 0.3) is 5.91 Å². The second-order valence-corrected chi connectivity index (χ2v) is 3.34. The van der Waals surface area contributed by atoms with Crippen LogP contribution in [0.15, 0.2) is 12.4 Å². The second kappa shape index (κ2) is 4.04. The molecule has 1 aromatic rings. The number of carbonyl (C=O) groups is 1. The lowest BCUT2D eigenvalue weighted by atomic mass is 10.3. The van der Waals surface area contributed by atoms with E-state index in [0.29, 0.717) is 11.5 Å². The van der Waals surface area contributed by atoms with E-state index in [0.717, 1.165) is 0 Å². The van der Waals surface area contributed by atoms with Gasteiger partial charge in [-0.25, -0.2) is 9.97 Å². The first-order valence-electron chi connectivity index (χ1n) is 4.37. The zero-order chi connectivity index (χ0) is 10.7. The summed E-state index contributed by atoms with van der Waals surface area (Å²) in [4.78, 5) is 21.0. The molecule has 2 N–H and O–H groups in total. The van der Waals surface area contributed by atoms with Gasteiger partial charge in [0.15, 0.2) is 0 Å². The van der Waals surface area contributed by atoms with Crippen molar-refractivity contribution in [1.29, 1.82) is 0 Å². The van der Waals surface area contributed by atoms with Crippen LogP contribution in [-0.4, -0.2) is 33.9 Å². The summed E-state index contributed by atoms with van der Waals surface area (Å²) in [7, 11) is 1.73. The molecule has 0 radical (unpaired) electrons. The van der Waals surface area contributed by atoms with Gasteiger partial charge in [-0.3, -0.25) is 4.79 Å². The highest BCUT2D eigenvalue weighted by Gasteiger charge is 2.15. The summed E-state index contributed by atoms with van der Waals surface area (Å²) >= 11 is 0. The van der Waals surface area contributed by atoms with E-state index >= 15 is 0 Å². The average molecular weight is 194 g/mol. The SMILES string of the molecule is CC(C)N(C)C(=O)c1cnc(N)cn1. The van der Waals surface area contributed by atoms with Gasteiger partial charge in [0.2, 0.25) is 0 Å². The Labute approximate surface area is 83.0 Å². The Balaban J connectivity index is 2.84. The molecular weight excluding hydrogens is 180 g/mol. The quantitative estimate of drug-likeness (QED) is 0.745. The van der Waals surface area contributed by atoms with E-state index in [4.69, 9.17) is 5.73 Å². The summed E-state index contributed by atoms with van der Waals surface area (Å²) in [6.45, 7) is 3.87. The molecule has 0 spiro atoms. The Kier molecular flexibility index (Phi) is 3.01. The van der Waals surface area contributed by atoms with E-state index in [2.05, 4.69) is 9.97 Å². The minimum atomic E-state index is -0.146. The molecule has 76 valence electrons. The molecule has 1 heterocycles. The molecule has 1 rings (SSSR count). The summed E-state index contributed by atoms with van der Waals surface area (Å²) in [5.74, 6) is 0.168. The van der Waals surface area contributed by atoms with Gasteiger partial charge in [0, 0.05) is 13.1 Å². The Morgan fingerprint density at radius 3 is 2.50 bits per heavy atom. The summed E-state index contributed by atoms with van der Waals surface area (Å²) in [6.07, 6.45) is 2.76. The molecule has 0 fully saturated rings. The van der Waals surface area contributed by atoms with Crippen molar-refractivity contribution in [1.82, 2.24) is 14.9 Å². The Morgan fingerprint density at radius 2 is 2.07 bits per heavy atom. The van der Waals surface area contributed by atoms with Gasteiger partial charge in [0.1, 0.15) is 11.5 Å². The van der Waals surface area contributed by atoms with E-state index < -0.39 is 0 Å². The fourth-order valence-corrected chi connectivity index (χ4v) is 0.864. The van der Waals surface area contributed by atoms with Gasteiger partial charge in [-0.2, -0.15) is 0 Å². The van der Waals surface area contributed by atoms with Gasteiger partial charge in [-0.1, -0.05) is 0 Å². The molecule has 0 bridgehead atoms. The lowest BCUT2D eigenvalue weighted by Crippen LogP contribution is -2.33. The van der Waals surface area contributed by atoms with Crippen molar-refractivity contribution in [3.8, 4) is 0 Å². The van der Waals surface area contributed by atoms with Crippen molar-refractivity contribution in [3.63, 3.8) is 0 Å². The first-order chi connectivity index (χ1) is 6.52. The summed E-state index contributed by atoms with van der Waals surface area (Å²) < 4.78 is 0. The number of anilines is 1. The maximum absolute atomic E-state index is 11.7. The molecule has 14 heavy (non-hydrogen) atoms. The van der Waals surface area contributed by atoms with Gasteiger partial charge in [0.05, 0.1) is 12.4 Å². The molecular formula is C9H14N4O. The van der Waals surface area contributed by atoms with E-state index in [1.165, 1.54) is 12.4 Å². The molecule has 5 heteroatoms. The number of aromatic nitrogens is 2. The summed E-state index contributed by atoms with van der Waals surface area (Å²) in [6, 6.07) is 0.141. The maximum atomic E-state index is 11.7. The molecule has 0 unspecified atom stereocenters. The van der Waals surface area contributed by atoms with Crippen molar-refractivity contribution in [2.24, 2.45) is 0 Å². The molecule has 0 saturated carbocycles. The van der Waals surface area contributed by atoms with Crippen molar-refractivity contribution in [3.05, 3.63) is 18.1 Å². The summed E-state index contributed by atoms with van der Waals surface area (Å²) in [5.41, 5.74) is 5.68. The lowest BCUT2D eigenvalue weighted by Gasteiger charge is -2.20. The number of nitrogen functional groups attached to an aromatic ring is 1.